The van der Waals surface area contributed by atoms with Gasteiger partial charge >= 0.3 is 6.09 Å². The van der Waals surface area contributed by atoms with Crippen molar-refractivity contribution in [2.24, 2.45) is 0 Å². The van der Waals surface area contributed by atoms with Crippen molar-refractivity contribution < 1.29 is 14.3 Å². The Morgan fingerprint density at radius 1 is 1.00 bits per heavy atom. The molecule has 2 aliphatic rings. The van der Waals surface area contributed by atoms with Crippen LogP contribution in [-0.4, -0.2) is 70.4 Å². The van der Waals surface area contributed by atoms with E-state index in [4.69, 9.17) is 26.1 Å². The van der Waals surface area contributed by atoms with Gasteiger partial charge in [0.1, 0.15) is 18.0 Å². The largest absolute Gasteiger partial charge is 0.487 e. The highest BCUT2D eigenvalue weighted by Gasteiger charge is 2.37. The molecule has 10 heteroatoms. The minimum absolute atomic E-state index is 0.0742. The number of ether oxygens (including phenoxy) is 2. The first kappa shape index (κ1) is 31.6. The van der Waals surface area contributed by atoms with Crippen molar-refractivity contribution in [1.82, 2.24) is 19.8 Å². The zero-order valence-corrected chi connectivity index (χ0v) is 27.0. The van der Waals surface area contributed by atoms with Gasteiger partial charge in [-0.25, -0.2) is 14.8 Å². The van der Waals surface area contributed by atoms with E-state index in [1.165, 1.54) is 0 Å². The zero-order chi connectivity index (χ0) is 31.5. The van der Waals surface area contributed by atoms with Crippen molar-refractivity contribution in [3.05, 3.63) is 82.1 Å². The van der Waals surface area contributed by atoms with E-state index in [2.05, 4.69) is 34.7 Å². The average molecular weight is 617 g/mol. The lowest BCUT2D eigenvalue weighted by Crippen LogP contribution is -2.56. The minimum Gasteiger partial charge on any atom is -0.487 e. The Labute approximate surface area is 265 Å². The number of rotatable bonds is 7. The molecular formula is C34H41ClN6O3. The van der Waals surface area contributed by atoms with Crippen LogP contribution in [0.2, 0.25) is 5.02 Å². The summed E-state index contributed by atoms with van der Waals surface area (Å²) < 4.78 is 11.7. The molecule has 1 aromatic heterocycles. The lowest BCUT2D eigenvalue weighted by molar-refractivity contribution is -0.000316. The Hall–Kier alpha value is -3.87. The first-order chi connectivity index (χ1) is 20.9. The molecule has 0 saturated carbocycles. The van der Waals surface area contributed by atoms with E-state index in [1.807, 2.05) is 68.1 Å². The van der Waals surface area contributed by atoms with Gasteiger partial charge in [-0.1, -0.05) is 37.6 Å². The number of likely N-dealkylation sites (tertiary alicyclic amines) is 1. The first-order valence-electron chi connectivity index (χ1n) is 15.2. The van der Waals surface area contributed by atoms with E-state index in [0.717, 1.165) is 68.1 Å². The fraction of sp³-hybridized carbons (Fsp3) is 0.471. The minimum atomic E-state index is -0.503. The van der Waals surface area contributed by atoms with Crippen LogP contribution in [0.1, 0.15) is 69.8 Å². The van der Waals surface area contributed by atoms with Gasteiger partial charge in [0.2, 0.25) is 5.95 Å². The molecule has 3 aromatic rings. The number of hydrogen-bond acceptors (Lipinski definition) is 8. The Bertz CT molecular complexity index is 1510. The van der Waals surface area contributed by atoms with Gasteiger partial charge in [-0.15, -0.1) is 0 Å². The summed E-state index contributed by atoms with van der Waals surface area (Å²) in [6.45, 7) is 14.2. The van der Waals surface area contributed by atoms with Crippen LogP contribution in [0.5, 0.6) is 5.75 Å². The highest BCUT2D eigenvalue weighted by atomic mass is 35.5. The Balaban J connectivity index is 1.16. The molecule has 2 aromatic carbocycles. The van der Waals surface area contributed by atoms with E-state index < -0.39 is 5.60 Å². The summed E-state index contributed by atoms with van der Waals surface area (Å²) in [5.41, 5.74) is 2.57. The second-order valence-electron chi connectivity index (χ2n) is 12.9. The molecular weight excluding hydrogens is 576 g/mol. The van der Waals surface area contributed by atoms with Gasteiger partial charge in [0.25, 0.3) is 0 Å². The summed E-state index contributed by atoms with van der Waals surface area (Å²) in [4.78, 5) is 28.5. The third-order valence-corrected chi connectivity index (χ3v) is 8.50. The van der Waals surface area contributed by atoms with Gasteiger partial charge in [0.15, 0.2) is 0 Å². The first-order valence-corrected chi connectivity index (χ1v) is 15.6. The lowest BCUT2D eigenvalue weighted by atomic mass is 9.78. The topological polar surface area (TPSA) is 94.8 Å². The van der Waals surface area contributed by atoms with E-state index in [9.17, 15) is 10.1 Å². The Morgan fingerprint density at radius 3 is 2.41 bits per heavy atom. The molecule has 9 nitrogen and oxygen atoms in total. The molecule has 2 saturated heterocycles. The molecule has 1 amide bonds. The van der Waals surface area contributed by atoms with Crippen LogP contribution in [0.15, 0.2) is 54.7 Å². The summed E-state index contributed by atoms with van der Waals surface area (Å²) in [6.07, 6.45) is 3.57. The molecule has 3 heterocycles. The molecule has 44 heavy (non-hydrogen) atoms. The number of piperazine rings is 1. The van der Waals surface area contributed by atoms with E-state index >= 15 is 0 Å². The molecule has 0 bridgehead atoms. The maximum Gasteiger partial charge on any atom is 0.411 e. The third-order valence-electron chi connectivity index (χ3n) is 8.28. The number of aromatic nitrogens is 2. The number of amides is 1. The predicted molar refractivity (Wildman–Crippen MR) is 171 cm³/mol. The molecule has 0 aliphatic carbocycles. The molecule has 2 aliphatic heterocycles. The van der Waals surface area contributed by atoms with Crippen molar-refractivity contribution in [2.45, 2.75) is 71.2 Å². The van der Waals surface area contributed by atoms with Crippen LogP contribution in [0.3, 0.4) is 0 Å². The van der Waals surface area contributed by atoms with Gasteiger partial charge in [-0.3, -0.25) is 9.80 Å². The summed E-state index contributed by atoms with van der Waals surface area (Å²) in [6, 6.07) is 17.5. The quantitative estimate of drug-likeness (QED) is 0.302. The van der Waals surface area contributed by atoms with Crippen LogP contribution >= 0.6 is 11.6 Å². The lowest BCUT2D eigenvalue weighted by Gasteiger charge is -2.41. The van der Waals surface area contributed by atoms with Gasteiger partial charge in [0, 0.05) is 49.4 Å². The molecule has 1 atom stereocenters. The average Bonchev–Trinajstić information content (AvgIpc) is 3.50. The summed E-state index contributed by atoms with van der Waals surface area (Å²) in [5, 5.41) is 9.91. The number of nitriles is 1. The third kappa shape index (κ3) is 7.43. The Morgan fingerprint density at radius 2 is 1.73 bits per heavy atom. The van der Waals surface area contributed by atoms with Crippen LogP contribution < -0.4 is 9.64 Å². The van der Waals surface area contributed by atoms with Crippen LogP contribution in [0.25, 0.3) is 0 Å². The molecule has 0 N–H and O–H groups in total. The molecule has 1 unspecified atom stereocenters. The fourth-order valence-electron chi connectivity index (χ4n) is 5.81. The van der Waals surface area contributed by atoms with E-state index in [-0.39, 0.29) is 17.7 Å². The maximum absolute atomic E-state index is 12.8. The maximum atomic E-state index is 12.8. The highest BCUT2D eigenvalue weighted by Crippen LogP contribution is 2.34. The summed E-state index contributed by atoms with van der Waals surface area (Å²) >= 11 is 6.27. The molecule has 0 radical (unpaired) electrons. The van der Waals surface area contributed by atoms with E-state index in [0.29, 0.717) is 23.1 Å². The van der Waals surface area contributed by atoms with Gasteiger partial charge in [-0.05, 0) is 81.1 Å². The van der Waals surface area contributed by atoms with Crippen LogP contribution in [0, 0.1) is 11.3 Å². The number of nitrogens with zero attached hydrogens (tertiary/aromatic N) is 6. The number of anilines is 1. The van der Waals surface area contributed by atoms with Gasteiger partial charge in [0.05, 0.1) is 23.5 Å². The number of hydrogen-bond donors (Lipinski definition) is 0. The highest BCUT2D eigenvalue weighted by molar-refractivity contribution is 6.30. The SMILES string of the molecule is CC(C)(C)OC(=O)N1CCCC1N1CCN(c2nccc(COc3ccc(C(C)(C)c4cc(Cl)cc(C#N)c4)cc3)n2)CC1. The second-order valence-corrected chi connectivity index (χ2v) is 13.4. The van der Waals surface area contributed by atoms with Crippen LogP contribution in [0.4, 0.5) is 10.7 Å². The smallest absolute Gasteiger partial charge is 0.411 e. The van der Waals surface area contributed by atoms with Crippen molar-refractivity contribution >= 4 is 23.6 Å². The number of halogens is 1. The number of carbonyl (C=O) groups excluding carboxylic acids is 1. The van der Waals surface area contributed by atoms with Crippen molar-refractivity contribution in [3.8, 4) is 11.8 Å². The second kappa shape index (κ2) is 13.0. The standard InChI is InChI=1S/C34H41ClN6O3/c1-33(2,3)44-32(42)41-14-6-7-30(41)39-15-17-40(18-16-39)31-37-13-12-28(38-31)23-43-29-10-8-25(9-11-29)34(4,5)26-19-24(22-36)20-27(35)21-26/h8-13,19-21,30H,6-7,14-18,23H2,1-5H3. The predicted octanol–water partition coefficient (Wildman–Crippen LogP) is 6.39. The fourth-order valence-corrected chi connectivity index (χ4v) is 6.04. The van der Waals surface area contributed by atoms with Crippen molar-refractivity contribution in [3.63, 3.8) is 0 Å². The number of carbonyl (C=O) groups is 1. The normalized spacial score (nSPS) is 17.8. The molecule has 5 rings (SSSR count). The van der Waals surface area contributed by atoms with Crippen molar-refractivity contribution in [2.75, 3.05) is 37.6 Å². The number of benzene rings is 2. The molecule has 0 spiro atoms. The summed E-state index contributed by atoms with van der Waals surface area (Å²) in [7, 11) is 0. The monoisotopic (exact) mass is 616 g/mol. The molecule has 2 fully saturated rings. The van der Waals surface area contributed by atoms with Crippen LogP contribution in [-0.2, 0) is 16.8 Å². The summed E-state index contributed by atoms with van der Waals surface area (Å²) in [5.74, 6) is 1.43. The van der Waals surface area contributed by atoms with Gasteiger partial charge in [-0.2, -0.15) is 5.26 Å². The van der Waals surface area contributed by atoms with E-state index in [1.54, 1.807) is 12.3 Å². The Kier molecular flexibility index (Phi) is 9.33. The molecule has 232 valence electrons. The van der Waals surface area contributed by atoms with Crippen molar-refractivity contribution in [1.29, 1.82) is 5.26 Å². The van der Waals surface area contributed by atoms with Gasteiger partial charge < -0.3 is 14.4 Å². The zero-order valence-electron chi connectivity index (χ0n) is 26.2.